The van der Waals surface area contributed by atoms with Crippen molar-refractivity contribution in [1.29, 1.82) is 0 Å². The van der Waals surface area contributed by atoms with Crippen molar-refractivity contribution in [2.24, 2.45) is 0 Å². The van der Waals surface area contributed by atoms with E-state index in [9.17, 15) is 0 Å². The molecule has 4 heteroatoms. The topological polar surface area (TPSA) is 0 Å². The van der Waals surface area contributed by atoms with E-state index in [1.807, 2.05) is 0 Å². The normalized spacial score (nSPS) is 14.0. The van der Waals surface area contributed by atoms with Crippen LogP contribution in [0.4, 0.5) is 0 Å². The number of halogens is 2. The van der Waals surface area contributed by atoms with E-state index in [4.69, 9.17) is 0 Å². The summed E-state index contributed by atoms with van der Waals surface area (Å²) in [5, 5.41) is 5.80. The van der Waals surface area contributed by atoms with Crippen LogP contribution >= 0.6 is 0 Å². The van der Waals surface area contributed by atoms with Gasteiger partial charge in [-0.15, -0.1) is 0 Å². The Morgan fingerprint density at radius 2 is 0.980 bits per heavy atom. The number of fused-ring (bicyclic) bond motifs is 5. The zero-order chi connectivity index (χ0) is 31.3. The van der Waals surface area contributed by atoms with Gasteiger partial charge in [0.2, 0.25) is 0 Å². The van der Waals surface area contributed by atoms with E-state index in [1.165, 1.54) is 44.2 Å². The molecule has 0 bridgehead atoms. The fourth-order valence-electron chi connectivity index (χ4n) is 8.25. The summed E-state index contributed by atoms with van der Waals surface area (Å²) in [6, 6.07) is 65.1. The van der Waals surface area contributed by atoms with E-state index in [1.54, 1.807) is 27.1 Å². The molecule has 9 rings (SSSR count). The molecule has 0 heterocycles. The predicted molar refractivity (Wildman–Crippen MR) is 197 cm³/mol. The standard InChI is InChI=1S/C20H15.C13H9.C12H10Si.2ClH.Zr/c1-14-10-17-8-4-5-9-19(17)20(11-14)18-12-15-6-2-3-7-16(15)13-18;1-3-7-12-10(5-1)9-11-6-2-4-8-13(11)12;1-3-7-11(8-4-1)13-12-9-5-2-6-10-12;;;/h2-13H,1H3;1-9H;1-10H;2*1H;/q;;;;;+2/p-2. The van der Waals surface area contributed by atoms with Gasteiger partial charge in [0.15, 0.2) is 0 Å². The first-order valence-electron chi connectivity index (χ1n) is 16.6. The van der Waals surface area contributed by atoms with Gasteiger partial charge in [0, 0.05) is 0 Å². The summed E-state index contributed by atoms with van der Waals surface area (Å²) in [5.74, 6) is 0. The van der Waals surface area contributed by atoms with Gasteiger partial charge in [0.25, 0.3) is 0 Å². The quantitative estimate of drug-likeness (QED) is 0.233. The smallest absolute Gasteiger partial charge is 1.00 e. The van der Waals surface area contributed by atoms with Crippen LogP contribution in [0.5, 0.6) is 0 Å². The van der Waals surface area contributed by atoms with Crippen LogP contribution in [0.2, 0.25) is 0 Å². The molecular formula is C45H34Cl2SiZr. The van der Waals surface area contributed by atoms with Gasteiger partial charge >= 0.3 is 287 Å². The fraction of sp³-hybridized carbons (Fsp3) is 0.0667. The Labute approximate surface area is 309 Å². The van der Waals surface area contributed by atoms with Gasteiger partial charge in [0.05, 0.1) is 0 Å². The average molecular weight is 765 g/mol. The second-order valence-electron chi connectivity index (χ2n) is 12.9. The summed E-state index contributed by atoms with van der Waals surface area (Å²) >= 11 is -2.82. The summed E-state index contributed by atoms with van der Waals surface area (Å²) in [7, 11) is 0. The van der Waals surface area contributed by atoms with Gasteiger partial charge in [-0.1, -0.05) is 0 Å². The summed E-state index contributed by atoms with van der Waals surface area (Å²) in [6.45, 7) is 2.26. The average Bonchev–Trinajstić information content (AvgIpc) is 3.67. The van der Waals surface area contributed by atoms with Crippen molar-refractivity contribution in [2.75, 3.05) is 0 Å². The minimum Gasteiger partial charge on any atom is -1.00 e. The number of hydrogen-bond acceptors (Lipinski definition) is 0. The second-order valence-corrected chi connectivity index (χ2v) is 26.9. The van der Waals surface area contributed by atoms with Gasteiger partial charge in [-0.2, -0.15) is 0 Å². The van der Waals surface area contributed by atoms with Crippen LogP contribution in [0.15, 0.2) is 170 Å². The van der Waals surface area contributed by atoms with Gasteiger partial charge in [0.1, 0.15) is 0 Å². The Kier molecular flexibility index (Phi) is 9.78. The van der Waals surface area contributed by atoms with Crippen LogP contribution in [0, 0.1) is 6.92 Å². The third kappa shape index (κ3) is 5.84. The van der Waals surface area contributed by atoms with E-state index in [2.05, 4.69) is 183 Å². The van der Waals surface area contributed by atoms with Gasteiger partial charge in [-0.3, -0.25) is 0 Å². The molecule has 0 saturated heterocycles. The molecule has 0 radical (unpaired) electrons. The summed E-state index contributed by atoms with van der Waals surface area (Å²) in [4.78, 5) is 0. The Balaban J connectivity index is 0.00000189. The SMILES string of the molecule is Cc1cc(C2=Cc3ccccc3[CH]2[Zr+2]([CH]2c3ccccc3-c3ccccc32)=[Si](c2ccccc2)c2ccccc2)c2ccccc2c1.[Cl-].[Cl-]. The number of benzene rings is 7. The first kappa shape index (κ1) is 33.7. The molecule has 0 aromatic heterocycles. The first-order valence-corrected chi connectivity index (χ1v) is 24.6. The molecule has 1 atom stereocenters. The Hall–Kier alpha value is -3.78. The molecular weight excluding hydrogens is 731 g/mol. The molecule has 1 unspecified atom stereocenters. The molecule has 0 aliphatic heterocycles. The largest absolute Gasteiger partial charge is 1.00 e. The van der Waals surface area contributed by atoms with Crippen molar-refractivity contribution >= 4 is 38.2 Å². The van der Waals surface area contributed by atoms with Gasteiger partial charge in [-0.25, -0.2) is 0 Å². The Morgan fingerprint density at radius 3 is 1.61 bits per heavy atom. The van der Waals surface area contributed by atoms with Crippen molar-refractivity contribution in [2.45, 2.75) is 14.2 Å². The van der Waals surface area contributed by atoms with Gasteiger partial charge in [-0.05, 0) is 0 Å². The maximum Gasteiger partial charge on any atom is -1.00 e. The van der Waals surface area contributed by atoms with Crippen molar-refractivity contribution in [1.82, 2.24) is 0 Å². The zero-order valence-corrected chi connectivity index (χ0v) is 32.1. The molecule has 7 aromatic carbocycles. The minimum absolute atomic E-state index is 0. The molecule has 49 heavy (non-hydrogen) atoms. The van der Waals surface area contributed by atoms with Gasteiger partial charge < -0.3 is 24.8 Å². The van der Waals surface area contributed by atoms with E-state index < -0.39 is 25.8 Å². The van der Waals surface area contributed by atoms with Crippen molar-refractivity contribution < 1.29 is 45.2 Å². The number of hydrogen-bond donors (Lipinski definition) is 0. The Bertz CT molecular complexity index is 2290. The van der Waals surface area contributed by atoms with Crippen molar-refractivity contribution in [3.05, 3.63) is 203 Å². The van der Waals surface area contributed by atoms with Crippen molar-refractivity contribution in [3.8, 4) is 11.1 Å². The Morgan fingerprint density at radius 1 is 0.469 bits per heavy atom. The monoisotopic (exact) mass is 762 g/mol. The molecule has 236 valence electrons. The molecule has 0 saturated carbocycles. The van der Waals surface area contributed by atoms with E-state index in [-0.39, 0.29) is 24.8 Å². The fourth-order valence-corrected chi connectivity index (χ4v) is 32.8. The number of aryl methyl sites for hydroxylation is 1. The molecule has 7 aromatic rings. The van der Waals surface area contributed by atoms with Crippen LogP contribution in [0.3, 0.4) is 0 Å². The summed E-state index contributed by atoms with van der Waals surface area (Å²) in [6.07, 6.45) is 2.57. The van der Waals surface area contributed by atoms with Crippen LogP contribution in [0.25, 0.3) is 33.5 Å². The summed E-state index contributed by atoms with van der Waals surface area (Å²) in [5.41, 5.74) is 12.0. The number of rotatable bonds is 5. The minimum atomic E-state index is -2.82. The number of allylic oxidation sites excluding steroid dienone is 1. The van der Waals surface area contributed by atoms with Crippen LogP contribution < -0.4 is 35.2 Å². The molecule has 2 aliphatic rings. The summed E-state index contributed by atoms with van der Waals surface area (Å²) < 4.78 is 0.840. The van der Waals surface area contributed by atoms with Crippen molar-refractivity contribution in [3.63, 3.8) is 0 Å². The van der Waals surface area contributed by atoms with Crippen LogP contribution in [-0.2, 0) is 20.4 Å². The maximum absolute atomic E-state index is 2.82. The zero-order valence-electron chi connectivity index (χ0n) is 27.2. The molecule has 0 spiro atoms. The third-order valence-electron chi connectivity index (χ3n) is 10.1. The molecule has 2 aliphatic carbocycles. The molecule has 0 amide bonds. The van der Waals surface area contributed by atoms with E-state index >= 15 is 0 Å². The maximum atomic E-state index is 2.57. The third-order valence-corrected chi connectivity index (χ3v) is 30.6. The second kappa shape index (κ2) is 14.2. The molecule has 0 N–H and O–H groups in total. The molecule has 0 nitrogen and oxygen atoms in total. The predicted octanol–water partition coefficient (Wildman–Crippen LogP) is 3.95. The molecule has 0 fully saturated rings. The van der Waals surface area contributed by atoms with E-state index in [0.717, 1.165) is 0 Å². The van der Waals surface area contributed by atoms with Crippen LogP contribution in [-0.4, -0.2) is 5.43 Å². The van der Waals surface area contributed by atoms with Crippen LogP contribution in [0.1, 0.15) is 40.6 Å². The van der Waals surface area contributed by atoms with E-state index in [0.29, 0.717) is 7.25 Å². The first-order chi connectivity index (χ1) is 23.3.